The van der Waals surface area contributed by atoms with Crippen LogP contribution in [0.5, 0.6) is 11.5 Å². The number of piperidine rings is 1. The smallest absolute Gasteiger partial charge is 0.197 e. The van der Waals surface area contributed by atoms with Gasteiger partial charge in [0.15, 0.2) is 23.0 Å². The van der Waals surface area contributed by atoms with Gasteiger partial charge in [0, 0.05) is 34.3 Å². The first-order chi connectivity index (χ1) is 14.5. The minimum atomic E-state index is -0.526. The number of likely N-dealkylation sites (N-methyl/N-ethyl adjacent to an activating group) is 1. The third-order valence-electron chi connectivity index (χ3n) is 7.04. The number of thioether (sulfide) groups is 1. The number of nitrogens with zero attached hydrogens (tertiary/aromatic N) is 1. The molecule has 2 N–H and O–H groups in total. The predicted octanol–water partition coefficient (Wildman–Crippen LogP) is 4.01. The lowest BCUT2D eigenvalue weighted by molar-refractivity contribution is -0.122. The molecule has 1 fully saturated rings. The number of allylic oxidation sites excluding steroid dienone is 1. The molecule has 1 aliphatic heterocycles. The summed E-state index contributed by atoms with van der Waals surface area (Å²) in [6.45, 7) is 0.824. The number of rotatable bonds is 3. The number of ether oxygens (including phenoxy) is 1. The Morgan fingerprint density at radius 1 is 1.17 bits per heavy atom. The number of hydrogen-bond donors (Lipinski definition) is 2. The van der Waals surface area contributed by atoms with Crippen molar-refractivity contribution in [2.45, 2.75) is 34.4 Å². The van der Waals surface area contributed by atoms with Crippen molar-refractivity contribution in [3.8, 4) is 11.5 Å². The van der Waals surface area contributed by atoms with Crippen molar-refractivity contribution in [1.82, 2.24) is 4.90 Å². The van der Waals surface area contributed by atoms with Crippen molar-refractivity contribution in [2.24, 2.45) is 5.92 Å². The number of hydrogen-bond acceptors (Lipinski definition) is 6. The molecule has 1 saturated heterocycles. The average Bonchev–Trinajstić information content (AvgIpc) is 2.74. The van der Waals surface area contributed by atoms with Crippen molar-refractivity contribution in [2.75, 3.05) is 20.7 Å². The number of carbonyl (C=O) groups is 1. The second kappa shape index (κ2) is 7.06. The minimum absolute atomic E-state index is 0.00492. The molecule has 0 aromatic heterocycles. The van der Waals surface area contributed by atoms with Crippen LogP contribution in [0, 0.1) is 5.92 Å². The number of ketones is 1. The average molecular weight is 424 g/mol. The Morgan fingerprint density at radius 2 is 1.93 bits per heavy atom. The normalized spacial score (nSPS) is 30.3. The minimum Gasteiger partial charge on any atom is -0.504 e. The van der Waals surface area contributed by atoms with Gasteiger partial charge in [0.1, 0.15) is 0 Å². The zero-order valence-corrected chi connectivity index (χ0v) is 17.9. The van der Waals surface area contributed by atoms with Gasteiger partial charge in [0.2, 0.25) is 0 Å². The Kier molecular flexibility index (Phi) is 4.60. The highest BCUT2D eigenvalue weighted by molar-refractivity contribution is 7.99. The lowest BCUT2D eigenvalue weighted by Crippen LogP contribution is -2.61. The zero-order valence-electron chi connectivity index (χ0n) is 17.0. The highest BCUT2D eigenvalue weighted by atomic mass is 32.2. The van der Waals surface area contributed by atoms with Crippen LogP contribution in [-0.2, 0) is 14.9 Å². The first-order valence-corrected chi connectivity index (χ1v) is 11.1. The van der Waals surface area contributed by atoms with Gasteiger partial charge in [0.05, 0.1) is 12.4 Å². The largest absolute Gasteiger partial charge is 0.504 e. The first kappa shape index (κ1) is 19.5. The summed E-state index contributed by atoms with van der Waals surface area (Å²) in [6.07, 6.45) is 3.00. The summed E-state index contributed by atoms with van der Waals surface area (Å²) < 4.78 is 5.42. The van der Waals surface area contributed by atoms with Crippen molar-refractivity contribution >= 4 is 17.5 Å². The lowest BCUT2D eigenvalue weighted by Gasteiger charge is -2.58. The maximum absolute atomic E-state index is 12.9. The van der Waals surface area contributed by atoms with Gasteiger partial charge >= 0.3 is 0 Å². The summed E-state index contributed by atoms with van der Waals surface area (Å²) in [6, 6.07) is 13.9. The van der Waals surface area contributed by atoms with Crippen LogP contribution in [0.15, 0.2) is 59.2 Å². The maximum atomic E-state index is 12.9. The molecule has 0 saturated carbocycles. The molecule has 5 nitrogen and oxygen atoms in total. The van der Waals surface area contributed by atoms with E-state index >= 15 is 0 Å². The van der Waals surface area contributed by atoms with Gasteiger partial charge in [-0.05, 0) is 49.9 Å². The number of fused-ring (bicyclic) bond motifs is 1. The molecule has 3 aliphatic rings. The molecule has 2 aromatic carbocycles. The van der Waals surface area contributed by atoms with Gasteiger partial charge in [-0.2, -0.15) is 0 Å². The van der Waals surface area contributed by atoms with Crippen LogP contribution in [0.1, 0.15) is 29.2 Å². The Labute approximate surface area is 180 Å². The van der Waals surface area contributed by atoms with Gasteiger partial charge in [0.25, 0.3) is 0 Å². The van der Waals surface area contributed by atoms with Crippen LogP contribution in [0.4, 0.5) is 0 Å². The summed E-state index contributed by atoms with van der Waals surface area (Å²) in [5.41, 5.74) is 1.22. The SMILES string of the molecule is COC1=CC2[C@@H]3[C@H](Sc4ccccc4)c4ccc(O)c(O)c4[C@]2(CCN3C)CC1=O. The summed E-state index contributed by atoms with van der Waals surface area (Å²) >= 11 is 1.77. The fraction of sp³-hybridized carbons (Fsp3) is 0.375. The highest BCUT2D eigenvalue weighted by Crippen LogP contribution is 2.63. The molecule has 4 atom stereocenters. The standard InChI is InChI=1S/C24H25NO4S/c1-25-11-10-24-13-18(27)19(29-2)12-16(24)21(25)23(30-14-6-4-3-5-7-14)15-8-9-17(26)22(28)20(15)24/h3-9,12,16,21,23,26,28H,10-11,13H2,1-2H3/t16?,21-,23-,24-/m1/s1. The quantitative estimate of drug-likeness (QED) is 0.727. The number of benzene rings is 2. The molecule has 2 bridgehead atoms. The number of likely N-dealkylation sites (tertiary alicyclic amines) is 1. The van der Waals surface area contributed by atoms with Crippen LogP contribution >= 0.6 is 11.8 Å². The molecule has 6 heteroatoms. The molecule has 1 unspecified atom stereocenters. The van der Waals surface area contributed by atoms with Gasteiger partial charge < -0.3 is 19.8 Å². The lowest BCUT2D eigenvalue weighted by atomic mass is 9.53. The van der Waals surface area contributed by atoms with Crippen molar-refractivity contribution < 1.29 is 19.7 Å². The van der Waals surface area contributed by atoms with Gasteiger partial charge in [-0.25, -0.2) is 0 Å². The Morgan fingerprint density at radius 3 is 2.67 bits per heavy atom. The van der Waals surface area contributed by atoms with Crippen LogP contribution < -0.4 is 0 Å². The molecule has 2 aromatic rings. The number of methoxy groups -OCH3 is 1. The van der Waals surface area contributed by atoms with E-state index < -0.39 is 5.41 Å². The molecular formula is C24H25NO4S. The van der Waals surface area contributed by atoms with Crippen molar-refractivity contribution in [3.05, 3.63) is 65.4 Å². The topological polar surface area (TPSA) is 70.0 Å². The Bertz CT molecular complexity index is 1040. The fourth-order valence-electron chi connectivity index (χ4n) is 5.69. The zero-order chi connectivity index (χ0) is 21.0. The molecular weight excluding hydrogens is 398 g/mol. The molecule has 30 heavy (non-hydrogen) atoms. The number of aromatic hydroxyl groups is 2. The van der Waals surface area contributed by atoms with Crippen LogP contribution in [0.3, 0.4) is 0 Å². The summed E-state index contributed by atoms with van der Waals surface area (Å²) in [5, 5.41) is 21.4. The van der Waals surface area contributed by atoms with Gasteiger partial charge in [-0.15, -0.1) is 11.8 Å². The van der Waals surface area contributed by atoms with E-state index in [2.05, 4.69) is 24.1 Å². The van der Waals surface area contributed by atoms with E-state index in [4.69, 9.17) is 4.74 Å². The van der Waals surface area contributed by atoms with Crippen LogP contribution in [-0.4, -0.2) is 47.6 Å². The van der Waals surface area contributed by atoms with E-state index in [0.717, 1.165) is 29.0 Å². The second-order valence-electron chi connectivity index (χ2n) is 8.49. The van der Waals surface area contributed by atoms with E-state index in [1.807, 2.05) is 30.3 Å². The third-order valence-corrected chi connectivity index (χ3v) is 8.37. The molecule has 5 rings (SSSR count). The van der Waals surface area contributed by atoms with Crippen molar-refractivity contribution in [3.63, 3.8) is 0 Å². The van der Waals surface area contributed by atoms with E-state index in [0.29, 0.717) is 5.76 Å². The predicted molar refractivity (Wildman–Crippen MR) is 116 cm³/mol. The molecule has 0 radical (unpaired) electrons. The third kappa shape index (κ3) is 2.70. The number of carbonyl (C=O) groups excluding carboxylic acids is 1. The molecule has 1 heterocycles. The molecule has 2 aliphatic carbocycles. The fourth-order valence-corrected chi connectivity index (χ4v) is 7.13. The first-order valence-electron chi connectivity index (χ1n) is 10.2. The second-order valence-corrected chi connectivity index (χ2v) is 9.70. The summed E-state index contributed by atoms with van der Waals surface area (Å²) in [7, 11) is 3.67. The Balaban J connectivity index is 1.76. The highest BCUT2D eigenvalue weighted by Gasteiger charge is 2.59. The van der Waals surface area contributed by atoms with E-state index in [1.54, 1.807) is 17.8 Å². The van der Waals surface area contributed by atoms with Crippen LogP contribution in [0.25, 0.3) is 0 Å². The molecule has 0 amide bonds. The van der Waals surface area contributed by atoms with E-state index in [9.17, 15) is 15.0 Å². The molecule has 0 spiro atoms. The Hall–Kier alpha value is -2.44. The van der Waals surface area contributed by atoms with Gasteiger partial charge in [-0.3, -0.25) is 4.79 Å². The number of phenolic OH excluding ortho intramolecular Hbond substituents is 2. The summed E-state index contributed by atoms with van der Waals surface area (Å²) in [4.78, 5) is 16.4. The number of phenols is 2. The number of Topliss-reactive ketones (excluding diaryl/α,β-unsaturated/α-hetero) is 1. The van der Waals surface area contributed by atoms with E-state index in [1.165, 1.54) is 7.11 Å². The summed E-state index contributed by atoms with van der Waals surface area (Å²) in [5.74, 6) is 0.158. The van der Waals surface area contributed by atoms with Gasteiger partial charge in [-0.1, -0.05) is 24.3 Å². The monoisotopic (exact) mass is 423 g/mol. The maximum Gasteiger partial charge on any atom is 0.197 e. The van der Waals surface area contributed by atoms with Crippen molar-refractivity contribution in [1.29, 1.82) is 0 Å². The molecule has 156 valence electrons. The van der Waals surface area contributed by atoms with E-state index in [-0.39, 0.29) is 40.9 Å². The van der Waals surface area contributed by atoms with Crippen LogP contribution in [0.2, 0.25) is 0 Å².